The van der Waals surface area contributed by atoms with Crippen LogP contribution in [0.2, 0.25) is 0 Å². The predicted octanol–water partition coefficient (Wildman–Crippen LogP) is 5.81. The van der Waals surface area contributed by atoms with Gasteiger partial charge in [-0.3, -0.25) is 0 Å². The average molecular weight is 619 g/mol. The third-order valence-electron chi connectivity index (χ3n) is 4.32. The van der Waals surface area contributed by atoms with Crippen molar-refractivity contribution in [3.8, 4) is 0 Å². The Morgan fingerprint density at radius 1 is 0.469 bits per heavy atom. The molecule has 0 aromatic rings. The summed E-state index contributed by atoms with van der Waals surface area (Å²) in [5.41, 5.74) is 0. The van der Waals surface area contributed by atoms with E-state index in [2.05, 4.69) is 3.07 Å². The van der Waals surface area contributed by atoms with Gasteiger partial charge in [0.2, 0.25) is 0 Å². The molecule has 0 radical (unpaired) electrons. The first-order valence-corrected chi connectivity index (χ1v) is 14.9. The van der Waals surface area contributed by atoms with Crippen LogP contribution in [0.5, 0.6) is 0 Å². The molecule has 0 amide bonds. The number of hydrogen-bond acceptors (Lipinski definition) is 1. The molecule has 0 aliphatic rings. The summed E-state index contributed by atoms with van der Waals surface area (Å²) >= 11 is -8.03. The van der Waals surface area contributed by atoms with Crippen LogP contribution in [0, 0.1) is 0 Å². The van der Waals surface area contributed by atoms with E-state index in [1.807, 2.05) is 0 Å². The van der Waals surface area contributed by atoms with Crippen LogP contribution >= 0.6 is 0 Å². The number of hydrogen-bond donors (Lipinski definition) is 0. The van der Waals surface area contributed by atoms with Crippen molar-refractivity contribution in [3.05, 3.63) is 0 Å². The molecular formula is C15H19F15OSn. The Bertz CT molecular complexity index is 464. The summed E-state index contributed by atoms with van der Waals surface area (Å²) in [6.45, 7) is -0.116. The van der Waals surface area contributed by atoms with E-state index in [4.69, 9.17) is 0 Å². The van der Waals surface area contributed by atoms with Gasteiger partial charge in [0.05, 0.1) is 0 Å². The van der Waals surface area contributed by atoms with Crippen LogP contribution in [0.25, 0.3) is 0 Å². The molecule has 32 heavy (non-hydrogen) atoms. The van der Waals surface area contributed by atoms with Crippen LogP contribution in [-0.2, 0) is 3.07 Å². The molecule has 0 N–H and O–H groups in total. The van der Waals surface area contributed by atoms with E-state index in [9.17, 15) is 65.9 Å². The van der Waals surface area contributed by atoms with Crippen LogP contribution in [0.3, 0.4) is 0 Å². The van der Waals surface area contributed by atoms with Crippen molar-refractivity contribution in [1.29, 1.82) is 0 Å². The molecule has 0 rings (SSSR count). The fourth-order valence-corrected chi connectivity index (χ4v) is 14.0. The second-order valence-corrected chi connectivity index (χ2v) is 17.0. The van der Waals surface area contributed by atoms with Gasteiger partial charge in [0, 0.05) is 0 Å². The van der Waals surface area contributed by atoms with E-state index >= 15 is 0 Å². The van der Waals surface area contributed by atoms with Gasteiger partial charge in [0.1, 0.15) is 0 Å². The molecule has 17 heteroatoms. The molecule has 0 saturated carbocycles. The Morgan fingerprint density at radius 2 is 0.719 bits per heavy atom. The molecule has 9 unspecified atom stereocenters. The van der Waals surface area contributed by atoms with Crippen molar-refractivity contribution in [3.63, 3.8) is 0 Å². The Labute approximate surface area is 177 Å². The molecule has 0 saturated heterocycles. The molecule has 1 nitrogen and oxygen atoms in total. The minimum absolute atomic E-state index is 0.453. The first-order chi connectivity index (χ1) is 14.6. The molecule has 0 aromatic heterocycles. The Kier molecular flexibility index (Phi) is 13.4. The summed E-state index contributed by atoms with van der Waals surface area (Å²) in [6, 6.07) is 0. The van der Waals surface area contributed by atoms with Gasteiger partial charge in [0.25, 0.3) is 0 Å². The zero-order chi connectivity index (χ0) is 25.5. The van der Waals surface area contributed by atoms with Crippen LogP contribution < -0.4 is 0 Å². The van der Waals surface area contributed by atoms with E-state index in [-0.39, 0.29) is 0 Å². The molecule has 0 heterocycles. The molecule has 0 aliphatic heterocycles. The second-order valence-electron chi connectivity index (χ2n) is 6.58. The van der Waals surface area contributed by atoms with E-state index in [0.29, 0.717) is 0 Å². The van der Waals surface area contributed by atoms with E-state index in [1.165, 1.54) is 0 Å². The average Bonchev–Trinajstić information content (AvgIpc) is 2.75. The van der Waals surface area contributed by atoms with Gasteiger partial charge in [-0.1, -0.05) is 0 Å². The van der Waals surface area contributed by atoms with Crippen molar-refractivity contribution in [2.24, 2.45) is 0 Å². The van der Waals surface area contributed by atoms with Crippen molar-refractivity contribution >= 4 is 18.8 Å². The summed E-state index contributed by atoms with van der Waals surface area (Å²) in [5, 5.41) is 0. The quantitative estimate of drug-likeness (QED) is 0.166. The topological polar surface area (TPSA) is 9.23 Å². The Balaban J connectivity index is 6.71. The van der Waals surface area contributed by atoms with Crippen molar-refractivity contribution in [1.82, 2.24) is 0 Å². The number of alkyl halides is 15. The van der Waals surface area contributed by atoms with Crippen LogP contribution in [0.15, 0.2) is 0 Å². The summed E-state index contributed by atoms with van der Waals surface area (Å²) in [6.07, 6.45) is -39.1. The summed E-state index contributed by atoms with van der Waals surface area (Å²) < 4.78 is 192. The number of rotatable bonds is 15. The molecule has 0 aromatic carbocycles. The monoisotopic (exact) mass is 620 g/mol. The molecule has 0 spiro atoms. The zero-order valence-electron chi connectivity index (χ0n) is 15.9. The summed E-state index contributed by atoms with van der Waals surface area (Å²) in [5.74, 6) is 0. The maximum atomic E-state index is 14.8. The summed E-state index contributed by atoms with van der Waals surface area (Å²) in [7, 11) is 0. The Morgan fingerprint density at radius 3 is 0.906 bits per heavy atom. The van der Waals surface area contributed by atoms with Crippen molar-refractivity contribution in [2.75, 3.05) is 6.61 Å². The van der Waals surface area contributed by atoms with Gasteiger partial charge in [-0.25, -0.2) is 0 Å². The second kappa shape index (κ2) is 13.6. The molecule has 0 bridgehead atoms. The van der Waals surface area contributed by atoms with E-state index in [1.54, 1.807) is 0 Å². The van der Waals surface area contributed by atoms with Crippen LogP contribution in [-0.4, -0.2) is 94.3 Å². The van der Waals surface area contributed by atoms with Gasteiger partial charge >= 0.3 is 177 Å². The van der Waals surface area contributed by atoms with Gasteiger partial charge in [-0.2, -0.15) is 0 Å². The number of halogens is 15. The summed E-state index contributed by atoms with van der Waals surface area (Å²) in [4.78, 5) is 0. The van der Waals surface area contributed by atoms with Crippen molar-refractivity contribution < 1.29 is 68.9 Å². The minimum atomic E-state index is -8.03. The third-order valence-corrected chi connectivity index (χ3v) is 16.4. The van der Waals surface area contributed by atoms with Gasteiger partial charge in [-0.05, 0) is 0 Å². The molecule has 9 atom stereocenters. The van der Waals surface area contributed by atoms with Gasteiger partial charge in [-0.15, -0.1) is 0 Å². The Hall–Kier alpha value is -0.291. The molecular weight excluding hydrogens is 600 g/mol. The van der Waals surface area contributed by atoms with E-state index in [0.717, 1.165) is 6.92 Å². The predicted molar refractivity (Wildman–Crippen MR) is 84.1 cm³/mol. The normalized spacial score (nSPS) is 23.3. The first kappa shape index (κ1) is 31.7. The fraction of sp³-hybridized carbons (Fsp3) is 1.00. The molecule has 0 aliphatic carbocycles. The maximum absolute atomic E-state index is 14.8. The first-order valence-electron chi connectivity index (χ1n) is 8.84. The zero-order valence-corrected chi connectivity index (χ0v) is 18.8. The van der Waals surface area contributed by atoms with Crippen molar-refractivity contribution in [2.45, 2.75) is 82.2 Å². The van der Waals surface area contributed by atoms with Crippen LogP contribution in [0.1, 0.15) is 13.3 Å². The SMILES string of the molecule is CCC[O][Sn]([CH](F)C(F)C(F)C(F)F)([CH](F)C(F)C(F)C(F)F)[CH](F)C(F)C(F)C(F)F. The van der Waals surface area contributed by atoms with E-state index < -0.39 is 101 Å². The third kappa shape index (κ3) is 7.10. The van der Waals surface area contributed by atoms with Gasteiger partial charge in [0.15, 0.2) is 0 Å². The van der Waals surface area contributed by atoms with Gasteiger partial charge < -0.3 is 0 Å². The van der Waals surface area contributed by atoms with Crippen LogP contribution in [0.4, 0.5) is 65.9 Å². The fourth-order valence-electron chi connectivity index (χ4n) is 2.62. The standard InChI is InChI=1S/3C4H4F5.C3H7O.Sn/c3*5-1-2(6)3(7)4(8)9;1-2-3-4;/h3*1-4H;2-3H2,1H3;/q;;;-1;+1. The molecule has 194 valence electrons. The molecule has 0 fully saturated rings.